The maximum atomic E-state index is 11.8. The van der Waals surface area contributed by atoms with Crippen molar-refractivity contribution in [3.63, 3.8) is 0 Å². The number of aliphatic hydroxyl groups excluding tert-OH is 2. The average molecular weight is 304 g/mol. The van der Waals surface area contributed by atoms with Gasteiger partial charge in [-0.3, -0.25) is 4.79 Å². The molecule has 0 aromatic carbocycles. The van der Waals surface area contributed by atoms with Crippen LogP contribution in [-0.4, -0.2) is 28.2 Å². The van der Waals surface area contributed by atoms with Gasteiger partial charge in [-0.2, -0.15) is 0 Å². The van der Waals surface area contributed by atoms with Crippen LogP contribution < -0.4 is 0 Å². The SMILES string of the molecule is C[C@]12CCC(=O)C=C1CC[C@H]1C3[C@@H](O)C[C@H](O)[C@@]3(C)CC[C@@H]12. The van der Waals surface area contributed by atoms with Crippen LogP contribution in [0.2, 0.25) is 0 Å². The number of carbonyl (C=O) groups excluding carboxylic acids is 1. The smallest absolute Gasteiger partial charge is 0.155 e. The molecule has 4 aliphatic rings. The molecule has 0 amide bonds. The lowest BCUT2D eigenvalue weighted by Gasteiger charge is -2.58. The molecule has 0 aromatic rings. The number of aliphatic hydroxyl groups is 2. The second kappa shape index (κ2) is 4.67. The summed E-state index contributed by atoms with van der Waals surface area (Å²) in [4.78, 5) is 11.8. The van der Waals surface area contributed by atoms with Crippen molar-refractivity contribution in [2.75, 3.05) is 0 Å². The van der Waals surface area contributed by atoms with Gasteiger partial charge in [-0.15, -0.1) is 0 Å². The van der Waals surface area contributed by atoms with E-state index >= 15 is 0 Å². The zero-order valence-corrected chi connectivity index (χ0v) is 13.7. The van der Waals surface area contributed by atoms with Gasteiger partial charge in [-0.25, -0.2) is 0 Å². The molecule has 4 aliphatic carbocycles. The molecule has 3 nitrogen and oxygen atoms in total. The van der Waals surface area contributed by atoms with E-state index in [2.05, 4.69) is 13.8 Å². The van der Waals surface area contributed by atoms with Gasteiger partial charge in [-0.1, -0.05) is 19.4 Å². The molecular formula is C19H28O3. The third kappa shape index (κ3) is 1.78. The zero-order chi connectivity index (χ0) is 15.7. The largest absolute Gasteiger partial charge is 0.393 e. The third-order valence-corrected chi connectivity index (χ3v) is 7.90. The van der Waals surface area contributed by atoms with Crippen molar-refractivity contribution in [3.8, 4) is 0 Å². The van der Waals surface area contributed by atoms with Crippen molar-refractivity contribution < 1.29 is 15.0 Å². The molecule has 0 aliphatic heterocycles. The molecule has 0 aromatic heterocycles. The lowest BCUT2D eigenvalue weighted by atomic mass is 9.47. The van der Waals surface area contributed by atoms with Crippen molar-refractivity contribution in [3.05, 3.63) is 11.6 Å². The van der Waals surface area contributed by atoms with Crippen LogP contribution in [0.1, 0.15) is 58.8 Å². The van der Waals surface area contributed by atoms with E-state index in [4.69, 9.17) is 0 Å². The van der Waals surface area contributed by atoms with Gasteiger partial charge in [-0.05, 0) is 66.8 Å². The van der Waals surface area contributed by atoms with Crippen molar-refractivity contribution in [1.82, 2.24) is 0 Å². The Kier molecular flexibility index (Phi) is 3.16. The molecule has 0 saturated heterocycles. The Balaban J connectivity index is 1.71. The Morgan fingerprint density at radius 1 is 1.14 bits per heavy atom. The van der Waals surface area contributed by atoms with E-state index < -0.39 is 0 Å². The minimum atomic E-state index is -0.355. The van der Waals surface area contributed by atoms with E-state index in [9.17, 15) is 15.0 Å². The Hall–Kier alpha value is -0.670. The van der Waals surface area contributed by atoms with Gasteiger partial charge in [0.2, 0.25) is 0 Å². The first-order valence-electron chi connectivity index (χ1n) is 8.96. The second-order valence-electron chi connectivity index (χ2n) is 8.75. The number of hydrogen-bond donors (Lipinski definition) is 2. The number of allylic oxidation sites excluding steroid dienone is 1. The summed E-state index contributed by atoms with van der Waals surface area (Å²) in [7, 11) is 0. The van der Waals surface area contributed by atoms with E-state index in [1.54, 1.807) is 0 Å². The molecule has 0 radical (unpaired) electrons. The summed E-state index contributed by atoms with van der Waals surface area (Å²) >= 11 is 0. The summed E-state index contributed by atoms with van der Waals surface area (Å²) < 4.78 is 0. The normalized spacial score (nSPS) is 54.3. The summed E-state index contributed by atoms with van der Waals surface area (Å²) in [6.07, 6.45) is 7.62. The monoisotopic (exact) mass is 304 g/mol. The van der Waals surface area contributed by atoms with Gasteiger partial charge in [0.05, 0.1) is 12.2 Å². The maximum Gasteiger partial charge on any atom is 0.155 e. The fourth-order valence-corrected chi connectivity index (χ4v) is 6.59. The highest BCUT2D eigenvalue weighted by Gasteiger charge is 2.61. The summed E-state index contributed by atoms with van der Waals surface area (Å²) in [6.45, 7) is 4.54. The van der Waals surface area contributed by atoms with E-state index in [0.29, 0.717) is 30.5 Å². The summed E-state index contributed by atoms with van der Waals surface area (Å²) in [6, 6.07) is 0. The first-order valence-corrected chi connectivity index (χ1v) is 8.96. The first kappa shape index (κ1) is 14.9. The van der Waals surface area contributed by atoms with Crippen LogP contribution in [0, 0.1) is 28.6 Å². The lowest BCUT2D eigenvalue weighted by Crippen LogP contribution is -2.52. The number of rotatable bonds is 0. The molecule has 122 valence electrons. The average Bonchev–Trinajstić information content (AvgIpc) is 2.70. The van der Waals surface area contributed by atoms with Gasteiger partial charge in [0.25, 0.3) is 0 Å². The van der Waals surface area contributed by atoms with E-state index in [1.165, 1.54) is 5.57 Å². The molecule has 0 bridgehead atoms. The summed E-state index contributed by atoms with van der Waals surface area (Å²) in [5, 5.41) is 21.1. The van der Waals surface area contributed by atoms with Crippen LogP contribution >= 0.6 is 0 Å². The Bertz CT molecular complexity index is 539. The fraction of sp³-hybridized carbons (Fsp3) is 0.842. The van der Waals surface area contributed by atoms with Crippen molar-refractivity contribution >= 4 is 5.78 Å². The highest BCUT2D eigenvalue weighted by Crippen LogP contribution is 2.65. The molecule has 22 heavy (non-hydrogen) atoms. The van der Waals surface area contributed by atoms with Gasteiger partial charge in [0.1, 0.15) is 0 Å². The van der Waals surface area contributed by atoms with Crippen LogP contribution in [0.25, 0.3) is 0 Å². The molecule has 1 unspecified atom stereocenters. The fourth-order valence-electron chi connectivity index (χ4n) is 6.59. The molecular weight excluding hydrogens is 276 g/mol. The maximum absolute atomic E-state index is 11.8. The van der Waals surface area contributed by atoms with Crippen LogP contribution in [-0.2, 0) is 4.79 Å². The highest BCUT2D eigenvalue weighted by molar-refractivity contribution is 5.91. The second-order valence-corrected chi connectivity index (χ2v) is 8.75. The van der Waals surface area contributed by atoms with Crippen molar-refractivity contribution in [2.45, 2.75) is 71.0 Å². The Morgan fingerprint density at radius 2 is 1.91 bits per heavy atom. The van der Waals surface area contributed by atoms with E-state index in [-0.39, 0.29) is 29.0 Å². The minimum absolute atomic E-state index is 0.108. The Morgan fingerprint density at radius 3 is 2.68 bits per heavy atom. The lowest BCUT2D eigenvalue weighted by molar-refractivity contribution is -0.119. The molecule has 3 fully saturated rings. The molecule has 4 rings (SSSR count). The zero-order valence-electron chi connectivity index (χ0n) is 13.7. The Labute approximate surface area is 132 Å². The summed E-state index contributed by atoms with van der Waals surface area (Å²) in [5.74, 6) is 1.60. The molecule has 3 saturated carbocycles. The molecule has 0 heterocycles. The molecule has 7 atom stereocenters. The number of ketones is 1. The van der Waals surface area contributed by atoms with Gasteiger partial charge < -0.3 is 10.2 Å². The number of hydrogen-bond acceptors (Lipinski definition) is 3. The first-order chi connectivity index (χ1) is 10.4. The van der Waals surface area contributed by atoms with Crippen molar-refractivity contribution in [1.29, 1.82) is 0 Å². The van der Waals surface area contributed by atoms with Crippen LogP contribution in [0.4, 0.5) is 0 Å². The highest BCUT2D eigenvalue weighted by atomic mass is 16.3. The van der Waals surface area contributed by atoms with Gasteiger partial charge in [0, 0.05) is 12.8 Å². The third-order valence-electron chi connectivity index (χ3n) is 7.90. The molecule has 2 N–H and O–H groups in total. The minimum Gasteiger partial charge on any atom is -0.393 e. The summed E-state index contributed by atoms with van der Waals surface area (Å²) in [5.41, 5.74) is 1.40. The van der Waals surface area contributed by atoms with Crippen LogP contribution in [0.15, 0.2) is 11.6 Å². The topological polar surface area (TPSA) is 57.5 Å². The van der Waals surface area contributed by atoms with Crippen LogP contribution in [0.3, 0.4) is 0 Å². The predicted octanol–water partition coefficient (Wildman–Crippen LogP) is 2.85. The predicted molar refractivity (Wildman–Crippen MR) is 84.1 cm³/mol. The quantitative estimate of drug-likeness (QED) is 0.723. The van der Waals surface area contributed by atoms with E-state index in [1.807, 2.05) is 6.08 Å². The van der Waals surface area contributed by atoms with E-state index in [0.717, 1.165) is 32.1 Å². The standard InChI is InChI=1S/C19H28O3/c1-18-7-5-12(20)9-11(18)3-4-13-14(18)6-8-19(2)16(22)10-15(21)17(13)19/h9,13-17,21-22H,3-8,10H2,1-2H3/t13-,14+,15+,16+,17?,18+,19-/m1/s1. The number of carbonyl (C=O) groups is 1. The molecule has 0 spiro atoms. The number of fused-ring (bicyclic) bond motifs is 5. The molecule has 3 heteroatoms. The van der Waals surface area contributed by atoms with Crippen molar-refractivity contribution in [2.24, 2.45) is 28.6 Å². The van der Waals surface area contributed by atoms with Gasteiger partial charge in [0.15, 0.2) is 5.78 Å². The van der Waals surface area contributed by atoms with Gasteiger partial charge >= 0.3 is 0 Å². The van der Waals surface area contributed by atoms with Crippen LogP contribution in [0.5, 0.6) is 0 Å².